The Kier molecular flexibility index (Phi) is 5.79. The summed E-state index contributed by atoms with van der Waals surface area (Å²) in [6.45, 7) is 7.21. The molecule has 1 aliphatic carbocycles. The van der Waals surface area contributed by atoms with E-state index >= 15 is 0 Å². The Morgan fingerprint density at radius 2 is 2.00 bits per heavy atom. The van der Waals surface area contributed by atoms with E-state index in [1.165, 1.54) is 6.07 Å². The SMILES string of the molecule is CCc1nc(C)nc(N2CCCN(C(=O)C3CC3)CC2)c1Cc1cccc(F)c1. The molecule has 2 aliphatic rings. The average molecular weight is 397 g/mol. The number of carbonyl (C=O) groups excluding carboxylic acids is 1. The molecule has 2 heterocycles. The predicted octanol–water partition coefficient (Wildman–Crippen LogP) is 3.53. The number of halogens is 1. The smallest absolute Gasteiger partial charge is 0.225 e. The zero-order chi connectivity index (χ0) is 20.4. The Balaban J connectivity index is 1.61. The minimum Gasteiger partial charge on any atom is -0.354 e. The third-order valence-electron chi connectivity index (χ3n) is 5.82. The summed E-state index contributed by atoms with van der Waals surface area (Å²) in [4.78, 5) is 26.3. The largest absolute Gasteiger partial charge is 0.354 e. The Labute approximate surface area is 172 Å². The molecule has 5 nitrogen and oxygen atoms in total. The molecular formula is C23H29FN4O. The lowest BCUT2D eigenvalue weighted by atomic mass is 10.0. The molecule has 0 atom stereocenters. The number of amides is 1. The molecule has 1 aliphatic heterocycles. The summed E-state index contributed by atoms with van der Waals surface area (Å²) < 4.78 is 13.7. The summed E-state index contributed by atoms with van der Waals surface area (Å²) in [5.74, 6) is 2.06. The van der Waals surface area contributed by atoms with Crippen molar-refractivity contribution in [3.05, 3.63) is 52.7 Å². The van der Waals surface area contributed by atoms with Crippen LogP contribution in [0.25, 0.3) is 0 Å². The van der Waals surface area contributed by atoms with E-state index in [2.05, 4.69) is 16.8 Å². The Bertz CT molecular complexity index is 896. The van der Waals surface area contributed by atoms with Crippen molar-refractivity contribution >= 4 is 11.7 Å². The highest BCUT2D eigenvalue weighted by Gasteiger charge is 2.34. The summed E-state index contributed by atoms with van der Waals surface area (Å²) in [7, 11) is 0. The summed E-state index contributed by atoms with van der Waals surface area (Å²) in [6.07, 6.45) is 4.44. The van der Waals surface area contributed by atoms with Crippen LogP contribution in [-0.2, 0) is 17.6 Å². The van der Waals surface area contributed by atoms with E-state index in [0.29, 0.717) is 12.3 Å². The van der Waals surface area contributed by atoms with Crippen LogP contribution in [0.2, 0.25) is 0 Å². The van der Waals surface area contributed by atoms with Crippen molar-refractivity contribution < 1.29 is 9.18 Å². The van der Waals surface area contributed by atoms with Crippen molar-refractivity contribution in [2.24, 2.45) is 5.92 Å². The summed E-state index contributed by atoms with van der Waals surface area (Å²) in [5, 5.41) is 0. The molecule has 0 spiro atoms. The molecule has 1 aromatic heterocycles. The van der Waals surface area contributed by atoms with Gasteiger partial charge in [0.2, 0.25) is 5.91 Å². The van der Waals surface area contributed by atoms with E-state index in [4.69, 9.17) is 4.98 Å². The van der Waals surface area contributed by atoms with Crippen LogP contribution in [0.4, 0.5) is 10.2 Å². The second-order valence-corrected chi connectivity index (χ2v) is 8.12. The molecule has 154 valence electrons. The van der Waals surface area contributed by atoms with E-state index in [0.717, 1.165) is 80.3 Å². The number of aryl methyl sites for hydroxylation is 2. The van der Waals surface area contributed by atoms with Crippen LogP contribution in [0.1, 0.15) is 48.8 Å². The monoisotopic (exact) mass is 396 g/mol. The van der Waals surface area contributed by atoms with Crippen molar-refractivity contribution in [2.45, 2.75) is 46.0 Å². The number of carbonyl (C=O) groups is 1. The van der Waals surface area contributed by atoms with E-state index in [-0.39, 0.29) is 11.7 Å². The van der Waals surface area contributed by atoms with Crippen molar-refractivity contribution in [1.29, 1.82) is 0 Å². The van der Waals surface area contributed by atoms with Crippen molar-refractivity contribution in [2.75, 3.05) is 31.1 Å². The number of rotatable bonds is 5. The highest BCUT2D eigenvalue weighted by molar-refractivity contribution is 5.81. The maximum atomic E-state index is 13.7. The molecule has 2 fully saturated rings. The van der Waals surface area contributed by atoms with Gasteiger partial charge in [0.1, 0.15) is 17.5 Å². The Morgan fingerprint density at radius 3 is 2.72 bits per heavy atom. The first-order valence-corrected chi connectivity index (χ1v) is 10.7. The molecule has 2 aromatic rings. The van der Waals surface area contributed by atoms with Crippen LogP contribution < -0.4 is 4.90 Å². The molecule has 0 N–H and O–H groups in total. The highest BCUT2D eigenvalue weighted by Crippen LogP contribution is 2.32. The van der Waals surface area contributed by atoms with Gasteiger partial charge in [0.05, 0.1) is 0 Å². The lowest BCUT2D eigenvalue weighted by Gasteiger charge is -2.26. The second-order valence-electron chi connectivity index (χ2n) is 8.12. The molecule has 0 bridgehead atoms. The summed E-state index contributed by atoms with van der Waals surface area (Å²) in [5.41, 5.74) is 3.02. The summed E-state index contributed by atoms with van der Waals surface area (Å²) in [6, 6.07) is 6.75. The van der Waals surface area contributed by atoms with Crippen LogP contribution >= 0.6 is 0 Å². The zero-order valence-electron chi connectivity index (χ0n) is 17.3. The fraction of sp³-hybridized carbons (Fsp3) is 0.522. The van der Waals surface area contributed by atoms with Crippen LogP contribution in [0, 0.1) is 18.7 Å². The molecule has 1 saturated carbocycles. The number of aromatic nitrogens is 2. The van der Waals surface area contributed by atoms with E-state index in [9.17, 15) is 9.18 Å². The Morgan fingerprint density at radius 1 is 1.17 bits per heavy atom. The zero-order valence-corrected chi connectivity index (χ0v) is 17.3. The third-order valence-corrected chi connectivity index (χ3v) is 5.82. The average Bonchev–Trinajstić information content (AvgIpc) is 3.55. The van der Waals surface area contributed by atoms with Gasteiger partial charge in [-0.2, -0.15) is 0 Å². The first-order valence-electron chi connectivity index (χ1n) is 10.7. The number of hydrogen-bond donors (Lipinski definition) is 0. The van der Waals surface area contributed by atoms with Gasteiger partial charge in [-0.1, -0.05) is 19.1 Å². The molecule has 0 unspecified atom stereocenters. The van der Waals surface area contributed by atoms with Crippen molar-refractivity contribution in [3.8, 4) is 0 Å². The van der Waals surface area contributed by atoms with Gasteiger partial charge in [0.25, 0.3) is 0 Å². The molecule has 1 amide bonds. The Hall–Kier alpha value is -2.50. The minimum atomic E-state index is -0.223. The number of hydrogen-bond acceptors (Lipinski definition) is 4. The van der Waals surface area contributed by atoms with Gasteiger partial charge in [-0.05, 0) is 50.3 Å². The lowest BCUT2D eigenvalue weighted by molar-refractivity contribution is -0.132. The summed E-state index contributed by atoms with van der Waals surface area (Å²) >= 11 is 0. The predicted molar refractivity (Wildman–Crippen MR) is 111 cm³/mol. The first kappa shape index (κ1) is 19.8. The molecule has 6 heteroatoms. The maximum Gasteiger partial charge on any atom is 0.225 e. The van der Waals surface area contributed by atoms with Gasteiger partial charge in [-0.25, -0.2) is 14.4 Å². The highest BCUT2D eigenvalue weighted by atomic mass is 19.1. The van der Waals surface area contributed by atoms with Gasteiger partial charge in [-0.15, -0.1) is 0 Å². The van der Waals surface area contributed by atoms with E-state index in [1.54, 1.807) is 12.1 Å². The molecular weight excluding hydrogens is 367 g/mol. The van der Waals surface area contributed by atoms with E-state index in [1.807, 2.05) is 17.9 Å². The van der Waals surface area contributed by atoms with Crippen LogP contribution in [0.5, 0.6) is 0 Å². The standard InChI is InChI=1S/C23H29FN4O/c1-3-21-20(15-17-6-4-7-19(24)14-17)22(26-16(2)25-21)27-10-5-11-28(13-12-27)23(29)18-8-9-18/h4,6-7,14,18H,3,5,8-13,15H2,1-2H3. The molecule has 1 saturated heterocycles. The van der Waals surface area contributed by atoms with Gasteiger partial charge in [-0.3, -0.25) is 4.79 Å². The van der Waals surface area contributed by atoms with Gasteiger partial charge in [0, 0.05) is 49.8 Å². The maximum absolute atomic E-state index is 13.7. The second kappa shape index (κ2) is 8.47. The molecule has 4 rings (SSSR count). The fourth-order valence-electron chi connectivity index (χ4n) is 4.16. The van der Waals surface area contributed by atoms with Crippen LogP contribution in [-0.4, -0.2) is 47.0 Å². The topological polar surface area (TPSA) is 49.3 Å². The van der Waals surface area contributed by atoms with E-state index < -0.39 is 0 Å². The van der Waals surface area contributed by atoms with Gasteiger partial charge >= 0.3 is 0 Å². The van der Waals surface area contributed by atoms with Crippen molar-refractivity contribution in [1.82, 2.24) is 14.9 Å². The van der Waals surface area contributed by atoms with Gasteiger partial charge in [0.15, 0.2) is 0 Å². The third kappa shape index (κ3) is 4.57. The minimum absolute atomic E-state index is 0.223. The number of nitrogens with zero attached hydrogens (tertiary/aromatic N) is 4. The number of anilines is 1. The quantitative estimate of drug-likeness (QED) is 0.776. The number of benzene rings is 1. The van der Waals surface area contributed by atoms with Crippen LogP contribution in [0.15, 0.2) is 24.3 Å². The van der Waals surface area contributed by atoms with Gasteiger partial charge < -0.3 is 9.80 Å². The lowest BCUT2D eigenvalue weighted by Crippen LogP contribution is -2.36. The first-order chi connectivity index (χ1) is 14.0. The molecule has 1 aromatic carbocycles. The van der Waals surface area contributed by atoms with Crippen LogP contribution in [0.3, 0.4) is 0 Å². The molecule has 0 radical (unpaired) electrons. The fourth-order valence-corrected chi connectivity index (χ4v) is 4.16. The molecule has 29 heavy (non-hydrogen) atoms. The normalized spacial score (nSPS) is 17.3. The van der Waals surface area contributed by atoms with Crippen molar-refractivity contribution in [3.63, 3.8) is 0 Å².